The Morgan fingerprint density at radius 3 is 2.38 bits per heavy atom. The van der Waals surface area contributed by atoms with Crippen LogP contribution in [0.1, 0.15) is 16.1 Å². The van der Waals surface area contributed by atoms with Crippen LogP contribution in [0.3, 0.4) is 0 Å². The Balaban J connectivity index is 1.46. The number of anilines is 2. The third-order valence-electron chi connectivity index (χ3n) is 6.77. The maximum absolute atomic E-state index is 13.7. The Hall–Kier alpha value is -4.53. The third kappa shape index (κ3) is 2.70. The number of rotatable bonds is 4. The largest absolute Gasteiger partial charge is 0.461 e. The highest BCUT2D eigenvalue weighted by molar-refractivity contribution is 6.25. The molecule has 168 valence electrons. The van der Waals surface area contributed by atoms with E-state index in [1.54, 1.807) is 12.1 Å². The summed E-state index contributed by atoms with van der Waals surface area (Å²) in [5.41, 5.74) is 1.76. The van der Waals surface area contributed by atoms with Crippen LogP contribution in [-0.4, -0.2) is 34.6 Å². The van der Waals surface area contributed by atoms with Crippen LogP contribution >= 0.6 is 0 Å². The van der Waals surface area contributed by atoms with Crippen molar-refractivity contribution in [1.29, 1.82) is 0 Å². The molecule has 3 aliphatic rings. The zero-order valence-corrected chi connectivity index (χ0v) is 17.6. The van der Waals surface area contributed by atoms with Gasteiger partial charge in [0, 0.05) is 17.8 Å². The standard InChI is InChI=1S/C25H17N3O6/c29-23(19-6-3-13-34-19)22-21-20(18-12-7-14-4-1-2-5-17(14)27(18)22)24(30)26(25(21)31)15-8-10-16(11-9-15)28(32)33/h1-13,18,20-22H/t18-,20-,21-,22+/m0/s1. The first-order valence-corrected chi connectivity index (χ1v) is 10.7. The van der Waals surface area contributed by atoms with E-state index in [2.05, 4.69) is 0 Å². The van der Waals surface area contributed by atoms with E-state index in [0.717, 1.165) is 16.2 Å². The summed E-state index contributed by atoms with van der Waals surface area (Å²) in [5, 5.41) is 11.0. The van der Waals surface area contributed by atoms with Crippen LogP contribution in [0.4, 0.5) is 17.1 Å². The molecule has 0 bridgehead atoms. The van der Waals surface area contributed by atoms with E-state index in [1.807, 2.05) is 41.3 Å². The molecule has 2 aromatic carbocycles. The minimum atomic E-state index is -0.938. The number of fused-ring (bicyclic) bond motifs is 5. The minimum Gasteiger partial charge on any atom is -0.461 e. The molecule has 2 fully saturated rings. The first kappa shape index (κ1) is 20.1. The van der Waals surface area contributed by atoms with E-state index in [4.69, 9.17) is 4.42 Å². The summed E-state index contributed by atoms with van der Waals surface area (Å²) in [6.07, 6.45) is 5.16. The Labute approximate surface area is 193 Å². The predicted molar refractivity (Wildman–Crippen MR) is 121 cm³/mol. The minimum absolute atomic E-state index is 0.116. The van der Waals surface area contributed by atoms with Crippen molar-refractivity contribution in [3.8, 4) is 0 Å². The van der Waals surface area contributed by atoms with Crippen LogP contribution in [0, 0.1) is 22.0 Å². The van der Waals surface area contributed by atoms with Gasteiger partial charge in [-0.2, -0.15) is 0 Å². The maximum atomic E-state index is 13.7. The molecule has 9 heteroatoms. The molecule has 0 aliphatic carbocycles. The molecule has 0 unspecified atom stereocenters. The molecule has 0 radical (unpaired) electrons. The number of imide groups is 1. The monoisotopic (exact) mass is 455 g/mol. The Morgan fingerprint density at radius 2 is 1.68 bits per heavy atom. The van der Waals surface area contributed by atoms with Crippen molar-refractivity contribution in [2.75, 3.05) is 9.80 Å². The summed E-state index contributed by atoms with van der Waals surface area (Å²) in [6, 6.07) is 14.5. The first-order valence-electron chi connectivity index (χ1n) is 10.7. The second-order valence-corrected chi connectivity index (χ2v) is 8.44. The number of ketones is 1. The van der Waals surface area contributed by atoms with Crippen molar-refractivity contribution in [3.63, 3.8) is 0 Å². The van der Waals surface area contributed by atoms with Gasteiger partial charge >= 0.3 is 0 Å². The molecule has 3 aromatic rings. The predicted octanol–water partition coefficient (Wildman–Crippen LogP) is 3.46. The fourth-order valence-corrected chi connectivity index (χ4v) is 5.36. The van der Waals surface area contributed by atoms with E-state index in [0.29, 0.717) is 0 Å². The van der Waals surface area contributed by atoms with Crippen LogP contribution in [-0.2, 0) is 9.59 Å². The van der Waals surface area contributed by atoms with Gasteiger partial charge in [-0.15, -0.1) is 0 Å². The van der Waals surface area contributed by atoms with Gasteiger partial charge < -0.3 is 9.32 Å². The van der Waals surface area contributed by atoms with Gasteiger partial charge in [-0.05, 0) is 35.9 Å². The number of hydrogen-bond acceptors (Lipinski definition) is 7. The van der Waals surface area contributed by atoms with Gasteiger partial charge in [0.05, 0.1) is 34.8 Å². The van der Waals surface area contributed by atoms with Crippen molar-refractivity contribution in [2.45, 2.75) is 12.1 Å². The zero-order chi connectivity index (χ0) is 23.6. The molecule has 3 aliphatic heterocycles. The normalized spacial score (nSPS) is 24.7. The lowest BCUT2D eigenvalue weighted by Gasteiger charge is -2.36. The highest BCUT2D eigenvalue weighted by Crippen LogP contribution is 2.49. The number of nitro groups is 1. The van der Waals surface area contributed by atoms with E-state index in [-0.39, 0.29) is 22.9 Å². The lowest BCUT2D eigenvalue weighted by atomic mass is 9.87. The summed E-state index contributed by atoms with van der Waals surface area (Å²) < 4.78 is 5.37. The fourth-order valence-electron chi connectivity index (χ4n) is 5.36. The lowest BCUT2D eigenvalue weighted by molar-refractivity contribution is -0.384. The molecule has 0 N–H and O–H groups in total. The molecule has 1 aromatic heterocycles. The van der Waals surface area contributed by atoms with E-state index in [1.165, 1.54) is 30.5 Å². The lowest BCUT2D eigenvalue weighted by Crippen LogP contribution is -2.48. The quantitative estimate of drug-likeness (QED) is 0.256. The summed E-state index contributed by atoms with van der Waals surface area (Å²) in [6.45, 7) is 0. The topological polar surface area (TPSA) is 114 Å². The van der Waals surface area contributed by atoms with Gasteiger partial charge in [0.25, 0.3) is 5.69 Å². The van der Waals surface area contributed by atoms with Crippen LogP contribution in [0.5, 0.6) is 0 Å². The smallest absolute Gasteiger partial charge is 0.269 e. The number of carbonyl (C=O) groups is 3. The Morgan fingerprint density at radius 1 is 0.941 bits per heavy atom. The average molecular weight is 455 g/mol. The molecular formula is C25H17N3O6. The molecule has 4 atom stereocenters. The number of furan rings is 1. The fraction of sp³-hybridized carbons (Fsp3) is 0.160. The SMILES string of the molecule is O=C(c1ccco1)[C@H]1[C@H]2C(=O)N(c3ccc([N+](=O)[O-])cc3)C(=O)[C@H]2[C@@H]2C=Cc3ccccc3N21. The van der Waals surface area contributed by atoms with E-state index in [9.17, 15) is 24.5 Å². The summed E-state index contributed by atoms with van der Waals surface area (Å²) >= 11 is 0. The molecule has 34 heavy (non-hydrogen) atoms. The molecule has 6 rings (SSSR count). The maximum Gasteiger partial charge on any atom is 0.269 e. The van der Waals surface area contributed by atoms with Gasteiger partial charge in [-0.3, -0.25) is 24.5 Å². The number of para-hydroxylation sites is 1. The Kier molecular flexibility index (Phi) is 4.28. The van der Waals surface area contributed by atoms with Crippen molar-refractivity contribution < 1.29 is 23.7 Å². The van der Waals surface area contributed by atoms with Gasteiger partial charge in [-0.1, -0.05) is 30.4 Å². The highest BCUT2D eigenvalue weighted by Gasteiger charge is 2.64. The number of non-ortho nitro benzene ring substituents is 1. The third-order valence-corrected chi connectivity index (χ3v) is 6.77. The Bertz CT molecular complexity index is 1380. The molecule has 2 saturated heterocycles. The highest BCUT2D eigenvalue weighted by atomic mass is 16.6. The molecule has 4 heterocycles. The molecular weight excluding hydrogens is 438 g/mol. The average Bonchev–Trinajstić information content (AvgIpc) is 3.55. The van der Waals surface area contributed by atoms with Crippen molar-refractivity contribution in [3.05, 3.63) is 94.4 Å². The van der Waals surface area contributed by atoms with Gasteiger partial charge in [0.15, 0.2) is 5.76 Å². The van der Waals surface area contributed by atoms with Crippen LogP contribution < -0.4 is 9.80 Å². The van der Waals surface area contributed by atoms with E-state index >= 15 is 0 Å². The number of nitrogens with zero attached hydrogens (tertiary/aromatic N) is 3. The number of Topliss-reactive ketones (excluding diaryl/α,β-unsaturated/α-hetero) is 1. The summed E-state index contributed by atoms with van der Waals surface area (Å²) in [5.74, 6) is -2.91. The second-order valence-electron chi connectivity index (χ2n) is 8.44. The van der Waals surface area contributed by atoms with Gasteiger partial charge in [-0.25, -0.2) is 4.90 Å². The number of nitro benzene ring substituents is 1. The van der Waals surface area contributed by atoms with Crippen LogP contribution in [0.15, 0.2) is 77.4 Å². The number of hydrogen-bond donors (Lipinski definition) is 0. The summed E-state index contributed by atoms with van der Waals surface area (Å²) in [7, 11) is 0. The molecule has 9 nitrogen and oxygen atoms in total. The number of amides is 2. The first-order chi connectivity index (χ1) is 16.5. The van der Waals surface area contributed by atoms with Gasteiger partial charge in [0.1, 0.15) is 6.04 Å². The number of carbonyl (C=O) groups excluding carboxylic acids is 3. The van der Waals surface area contributed by atoms with Crippen LogP contribution in [0.25, 0.3) is 6.08 Å². The van der Waals surface area contributed by atoms with Crippen molar-refractivity contribution in [2.24, 2.45) is 11.8 Å². The van der Waals surface area contributed by atoms with Crippen molar-refractivity contribution >= 4 is 40.7 Å². The molecule has 0 spiro atoms. The molecule has 2 amide bonds. The zero-order valence-electron chi connectivity index (χ0n) is 17.6. The summed E-state index contributed by atoms with van der Waals surface area (Å²) in [4.78, 5) is 54.3. The second kappa shape index (κ2) is 7.24. The molecule has 0 saturated carbocycles. The van der Waals surface area contributed by atoms with Gasteiger partial charge in [0.2, 0.25) is 17.6 Å². The van der Waals surface area contributed by atoms with Crippen LogP contribution in [0.2, 0.25) is 0 Å². The van der Waals surface area contributed by atoms with E-state index < -0.39 is 40.7 Å². The van der Waals surface area contributed by atoms with Crippen molar-refractivity contribution in [1.82, 2.24) is 0 Å². The number of benzene rings is 2.